The number of benzene rings is 3. The lowest BCUT2D eigenvalue weighted by molar-refractivity contribution is 0.249. The molecule has 3 heteroatoms. The van der Waals surface area contributed by atoms with Gasteiger partial charge in [0.15, 0.2) is 17.5 Å². The minimum atomic E-state index is -1.44. The smallest absolute Gasteiger partial charge is 0.195 e. The lowest BCUT2D eigenvalue weighted by Crippen LogP contribution is -2.15. The fourth-order valence-corrected chi connectivity index (χ4v) is 5.14. The monoisotopic (exact) mass is 462 g/mol. The fraction of sp³-hybridized carbons (Fsp3) is 0.419. The van der Waals surface area contributed by atoms with Gasteiger partial charge in [0.2, 0.25) is 0 Å². The Morgan fingerprint density at radius 1 is 0.735 bits per heavy atom. The standard InChI is InChI=1S/C31H33F3/c1-2-3-4-5-22-6-8-23(9-7-22)10-11-24-12-14-25(15-13-24)16-17-26-18-19-28-27(20-26)21-29(32)31(34)30(28)33/h12-15,18-23H,2-11H2,1H3. The average molecular weight is 463 g/mol. The summed E-state index contributed by atoms with van der Waals surface area (Å²) in [6.07, 6.45) is 13.5. The predicted molar refractivity (Wildman–Crippen MR) is 134 cm³/mol. The number of hydrogen-bond donors (Lipinski definition) is 0. The Kier molecular flexibility index (Phi) is 8.33. The zero-order valence-corrected chi connectivity index (χ0v) is 20.0. The van der Waals surface area contributed by atoms with Crippen LogP contribution in [0.25, 0.3) is 10.8 Å². The van der Waals surface area contributed by atoms with Crippen LogP contribution in [0.3, 0.4) is 0 Å². The van der Waals surface area contributed by atoms with Crippen LogP contribution in [-0.2, 0) is 6.42 Å². The van der Waals surface area contributed by atoms with Crippen molar-refractivity contribution in [3.8, 4) is 11.8 Å². The second kappa shape index (κ2) is 11.6. The van der Waals surface area contributed by atoms with Gasteiger partial charge in [-0.3, -0.25) is 0 Å². The summed E-state index contributed by atoms with van der Waals surface area (Å²) >= 11 is 0. The molecule has 3 aromatic carbocycles. The largest absolute Gasteiger partial charge is 0.204 e. The molecule has 0 amide bonds. The summed E-state index contributed by atoms with van der Waals surface area (Å²) in [5, 5.41) is 0.354. The van der Waals surface area contributed by atoms with Gasteiger partial charge in [-0.15, -0.1) is 0 Å². The van der Waals surface area contributed by atoms with Gasteiger partial charge in [0, 0.05) is 16.5 Å². The molecule has 0 nitrogen and oxygen atoms in total. The number of fused-ring (bicyclic) bond motifs is 1. The van der Waals surface area contributed by atoms with Crippen LogP contribution in [0.2, 0.25) is 0 Å². The molecule has 1 aliphatic carbocycles. The summed E-state index contributed by atoms with van der Waals surface area (Å²) in [6.45, 7) is 2.28. The van der Waals surface area contributed by atoms with E-state index in [0.29, 0.717) is 10.9 Å². The molecular weight excluding hydrogens is 429 g/mol. The third-order valence-electron chi connectivity index (χ3n) is 7.30. The first-order valence-electron chi connectivity index (χ1n) is 12.7. The quantitative estimate of drug-likeness (QED) is 0.187. The summed E-state index contributed by atoms with van der Waals surface area (Å²) in [7, 11) is 0. The predicted octanol–water partition coefficient (Wildman–Crippen LogP) is 8.98. The van der Waals surface area contributed by atoms with E-state index < -0.39 is 17.5 Å². The van der Waals surface area contributed by atoms with E-state index in [0.717, 1.165) is 29.9 Å². The zero-order chi connectivity index (χ0) is 23.9. The summed E-state index contributed by atoms with van der Waals surface area (Å²) < 4.78 is 40.8. The van der Waals surface area contributed by atoms with Crippen LogP contribution in [0, 0.1) is 41.1 Å². The first kappa shape index (κ1) is 24.4. The van der Waals surface area contributed by atoms with E-state index in [1.165, 1.54) is 69.4 Å². The highest BCUT2D eigenvalue weighted by molar-refractivity contribution is 5.84. The van der Waals surface area contributed by atoms with E-state index in [1.807, 2.05) is 12.1 Å². The minimum Gasteiger partial charge on any atom is -0.204 e. The maximum absolute atomic E-state index is 13.9. The van der Waals surface area contributed by atoms with Gasteiger partial charge in [-0.05, 0) is 66.0 Å². The van der Waals surface area contributed by atoms with Gasteiger partial charge in [0.25, 0.3) is 0 Å². The molecule has 0 heterocycles. The Morgan fingerprint density at radius 2 is 1.38 bits per heavy atom. The van der Waals surface area contributed by atoms with E-state index in [9.17, 15) is 13.2 Å². The number of rotatable bonds is 7. The number of unbranched alkanes of at least 4 members (excludes halogenated alkanes) is 2. The maximum Gasteiger partial charge on any atom is 0.195 e. The van der Waals surface area contributed by atoms with Crippen molar-refractivity contribution in [3.05, 3.63) is 82.7 Å². The van der Waals surface area contributed by atoms with Crippen LogP contribution in [-0.4, -0.2) is 0 Å². The first-order valence-corrected chi connectivity index (χ1v) is 12.7. The van der Waals surface area contributed by atoms with Gasteiger partial charge < -0.3 is 0 Å². The Balaban J connectivity index is 1.30. The van der Waals surface area contributed by atoms with E-state index in [-0.39, 0.29) is 5.39 Å². The third-order valence-corrected chi connectivity index (χ3v) is 7.30. The van der Waals surface area contributed by atoms with Crippen molar-refractivity contribution >= 4 is 10.8 Å². The van der Waals surface area contributed by atoms with Crippen molar-refractivity contribution in [2.75, 3.05) is 0 Å². The van der Waals surface area contributed by atoms with E-state index in [2.05, 4.69) is 30.9 Å². The van der Waals surface area contributed by atoms with Crippen molar-refractivity contribution < 1.29 is 13.2 Å². The van der Waals surface area contributed by atoms with Crippen LogP contribution < -0.4 is 0 Å². The van der Waals surface area contributed by atoms with Gasteiger partial charge in [0.1, 0.15) is 0 Å². The number of aryl methyl sites for hydroxylation is 1. The molecule has 1 saturated carbocycles. The molecule has 178 valence electrons. The van der Waals surface area contributed by atoms with Crippen molar-refractivity contribution in [1.29, 1.82) is 0 Å². The van der Waals surface area contributed by atoms with Crippen LogP contribution >= 0.6 is 0 Å². The lowest BCUT2D eigenvalue weighted by atomic mass is 9.78. The van der Waals surface area contributed by atoms with Crippen LogP contribution in [0.1, 0.15) is 81.4 Å². The normalized spacial score (nSPS) is 18.0. The molecule has 0 N–H and O–H groups in total. The Labute approximate surface area is 201 Å². The Bertz CT molecular complexity index is 1160. The van der Waals surface area contributed by atoms with Crippen molar-refractivity contribution in [2.24, 2.45) is 11.8 Å². The summed E-state index contributed by atoms with van der Waals surface area (Å²) in [5.74, 6) is 4.18. The molecule has 3 aromatic rings. The van der Waals surface area contributed by atoms with Gasteiger partial charge in [-0.2, -0.15) is 0 Å². The van der Waals surface area contributed by atoms with Crippen molar-refractivity contribution in [2.45, 2.75) is 71.1 Å². The molecule has 0 aromatic heterocycles. The van der Waals surface area contributed by atoms with Crippen LogP contribution in [0.5, 0.6) is 0 Å². The highest BCUT2D eigenvalue weighted by Gasteiger charge is 2.20. The molecule has 4 rings (SSSR count). The fourth-order valence-electron chi connectivity index (χ4n) is 5.14. The topological polar surface area (TPSA) is 0 Å². The zero-order valence-electron chi connectivity index (χ0n) is 20.0. The first-order chi connectivity index (χ1) is 16.5. The van der Waals surface area contributed by atoms with E-state index in [4.69, 9.17) is 0 Å². The molecule has 0 saturated heterocycles. The second-order valence-electron chi connectivity index (χ2n) is 9.79. The van der Waals surface area contributed by atoms with Crippen molar-refractivity contribution in [3.63, 3.8) is 0 Å². The molecule has 1 aliphatic rings. The van der Waals surface area contributed by atoms with Gasteiger partial charge in [-0.25, -0.2) is 13.2 Å². The highest BCUT2D eigenvalue weighted by atomic mass is 19.2. The number of hydrogen-bond acceptors (Lipinski definition) is 0. The van der Waals surface area contributed by atoms with E-state index in [1.54, 1.807) is 12.1 Å². The molecule has 0 aliphatic heterocycles. The summed E-state index contributed by atoms with van der Waals surface area (Å²) in [5.41, 5.74) is 2.87. The van der Waals surface area contributed by atoms with E-state index >= 15 is 0 Å². The molecule has 0 unspecified atom stereocenters. The SMILES string of the molecule is CCCCCC1CCC(CCc2ccc(C#Cc3ccc4c(F)c(F)c(F)cc4c3)cc2)CC1. The second-order valence-corrected chi connectivity index (χ2v) is 9.79. The lowest BCUT2D eigenvalue weighted by Gasteiger charge is -2.28. The molecule has 0 spiro atoms. The molecule has 34 heavy (non-hydrogen) atoms. The maximum atomic E-state index is 13.9. The third kappa shape index (κ3) is 6.23. The average Bonchev–Trinajstić information content (AvgIpc) is 2.86. The van der Waals surface area contributed by atoms with Crippen molar-refractivity contribution in [1.82, 2.24) is 0 Å². The molecular formula is C31H33F3. The summed E-state index contributed by atoms with van der Waals surface area (Å²) in [6, 6.07) is 14.0. The molecule has 0 radical (unpaired) electrons. The van der Waals surface area contributed by atoms with Gasteiger partial charge in [-0.1, -0.05) is 88.3 Å². The van der Waals surface area contributed by atoms with Crippen LogP contribution in [0.15, 0.2) is 48.5 Å². The van der Waals surface area contributed by atoms with Crippen LogP contribution in [0.4, 0.5) is 13.2 Å². The minimum absolute atomic E-state index is 0.0544. The molecule has 0 atom stereocenters. The molecule has 0 bridgehead atoms. The van der Waals surface area contributed by atoms with Gasteiger partial charge >= 0.3 is 0 Å². The Hall–Kier alpha value is -2.73. The highest BCUT2D eigenvalue weighted by Crippen LogP contribution is 2.34. The number of halogens is 3. The Morgan fingerprint density at radius 3 is 2.09 bits per heavy atom. The summed E-state index contributed by atoms with van der Waals surface area (Å²) in [4.78, 5) is 0. The molecule has 1 fully saturated rings. The van der Waals surface area contributed by atoms with Gasteiger partial charge in [0.05, 0.1) is 0 Å².